The molecule has 0 aliphatic carbocycles. The van der Waals surface area contributed by atoms with Crippen LogP contribution in [0.1, 0.15) is 32.6 Å². The third-order valence-corrected chi connectivity index (χ3v) is 3.00. The van der Waals surface area contributed by atoms with Gasteiger partial charge in [0.15, 0.2) is 6.10 Å². The second kappa shape index (κ2) is 4.97. The highest BCUT2D eigenvalue weighted by Crippen LogP contribution is 2.35. The van der Waals surface area contributed by atoms with Crippen LogP contribution in [0.3, 0.4) is 0 Å². The van der Waals surface area contributed by atoms with Gasteiger partial charge in [0.25, 0.3) is 0 Å². The zero-order chi connectivity index (χ0) is 11.4. The lowest BCUT2D eigenvalue weighted by Gasteiger charge is -2.36. The predicted molar refractivity (Wildman–Crippen MR) is 57.8 cm³/mol. The molecule has 1 saturated heterocycles. The minimum Gasteiger partial charge on any atom is -0.457 e. The largest absolute Gasteiger partial charge is 0.457 e. The Balaban J connectivity index is 2.13. The standard InChI is InChI=1S/C12H18O4/c1-10(13)16-11-6-3-2-4-8-14-12(11)7-5-9-15-12/h2,4,11H,3,5-9H2,1H3/b4-2-/t11-,12?/m1/s1. The van der Waals surface area contributed by atoms with Crippen molar-refractivity contribution in [3.63, 3.8) is 0 Å². The van der Waals surface area contributed by atoms with Gasteiger partial charge in [0.05, 0.1) is 13.2 Å². The number of hydrogen-bond acceptors (Lipinski definition) is 4. The summed E-state index contributed by atoms with van der Waals surface area (Å²) in [5.41, 5.74) is 0. The van der Waals surface area contributed by atoms with Crippen molar-refractivity contribution in [3.05, 3.63) is 12.2 Å². The molecule has 0 aromatic rings. The molecule has 2 aliphatic heterocycles. The van der Waals surface area contributed by atoms with Crippen LogP contribution in [0.25, 0.3) is 0 Å². The summed E-state index contributed by atoms with van der Waals surface area (Å²) in [7, 11) is 0. The van der Waals surface area contributed by atoms with E-state index in [0.717, 1.165) is 25.7 Å². The Morgan fingerprint density at radius 2 is 2.31 bits per heavy atom. The molecule has 2 heterocycles. The van der Waals surface area contributed by atoms with Gasteiger partial charge in [-0.1, -0.05) is 12.2 Å². The molecule has 16 heavy (non-hydrogen) atoms. The Morgan fingerprint density at radius 1 is 1.44 bits per heavy atom. The zero-order valence-corrected chi connectivity index (χ0v) is 9.61. The van der Waals surface area contributed by atoms with Crippen LogP contribution in [-0.2, 0) is 19.0 Å². The monoisotopic (exact) mass is 226 g/mol. The molecule has 0 radical (unpaired) electrons. The molecule has 4 nitrogen and oxygen atoms in total. The average Bonchev–Trinajstić information content (AvgIpc) is 2.68. The fourth-order valence-electron chi connectivity index (χ4n) is 2.29. The van der Waals surface area contributed by atoms with Crippen molar-refractivity contribution in [2.45, 2.75) is 44.5 Å². The average molecular weight is 226 g/mol. The van der Waals surface area contributed by atoms with Gasteiger partial charge in [-0.05, 0) is 19.3 Å². The van der Waals surface area contributed by atoms with Crippen molar-refractivity contribution in [2.24, 2.45) is 0 Å². The maximum absolute atomic E-state index is 11.1. The van der Waals surface area contributed by atoms with E-state index >= 15 is 0 Å². The van der Waals surface area contributed by atoms with E-state index in [1.807, 2.05) is 6.08 Å². The number of hydrogen-bond donors (Lipinski definition) is 0. The van der Waals surface area contributed by atoms with Gasteiger partial charge in [-0.15, -0.1) is 0 Å². The lowest BCUT2D eigenvalue weighted by atomic mass is 10.0. The summed E-state index contributed by atoms with van der Waals surface area (Å²) < 4.78 is 16.8. The minimum absolute atomic E-state index is 0.270. The lowest BCUT2D eigenvalue weighted by Crippen LogP contribution is -2.47. The fourth-order valence-corrected chi connectivity index (χ4v) is 2.29. The summed E-state index contributed by atoms with van der Waals surface area (Å²) in [6, 6.07) is 0. The smallest absolute Gasteiger partial charge is 0.303 e. The molecule has 2 rings (SSSR count). The van der Waals surface area contributed by atoms with E-state index in [9.17, 15) is 4.79 Å². The topological polar surface area (TPSA) is 44.8 Å². The van der Waals surface area contributed by atoms with Crippen LogP contribution >= 0.6 is 0 Å². The fraction of sp³-hybridized carbons (Fsp3) is 0.750. The molecule has 0 saturated carbocycles. The summed E-state index contributed by atoms with van der Waals surface area (Å²) in [5, 5.41) is 0. The molecule has 1 spiro atoms. The molecule has 2 atom stereocenters. The van der Waals surface area contributed by atoms with Gasteiger partial charge in [0.2, 0.25) is 5.79 Å². The van der Waals surface area contributed by atoms with Crippen LogP contribution in [0, 0.1) is 0 Å². The first-order chi connectivity index (χ1) is 7.73. The Bertz CT molecular complexity index is 279. The van der Waals surface area contributed by atoms with Crippen LogP contribution in [-0.4, -0.2) is 31.1 Å². The molecule has 0 aromatic carbocycles. The summed E-state index contributed by atoms with van der Waals surface area (Å²) in [6.45, 7) is 2.64. The van der Waals surface area contributed by atoms with E-state index in [-0.39, 0.29) is 12.1 Å². The van der Waals surface area contributed by atoms with Gasteiger partial charge in [0.1, 0.15) is 0 Å². The first kappa shape index (κ1) is 11.6. The molecule has 4 heteroatoms. The van der Waals surface area contributed by atoms with Crippen molar-refractivity contribution < 1.29 is 19.0 Å². The van der Waals surface area contributed by atoms with Crippen LogP contribution in [0.15, 0.2) is 12.2 Å². The second-order valence-electron chi connectivity index (χ2n) is 4.22. The van der Waals surface area contributed by atoms with Crippen molar-refractivity contribution in [3.8, 4) is 0 Å². The molecular formula is C12H18O4. The predicted octanol–water partition coefficient (Wildman–Crippen LogP) is 1.79. The molecular weight excluding hydrogens is 208 g/mol. The van der Waals surface area contributed by atoms with Gasteiger partial charge in [-0.2, -0.15) is 0 Å². The summed E-state index contributed by atoms with van der Waals surface area (Å²) in [4.78, 5) is 11.1. The van der Waals surface area contributed by atoms with Crippen molar-refractivity contribution in [1.29, 1.82) is 0 Å². The normalized spacial score (nSPS) is 36.7. The molecule has 1 fully saturated rings. The van der Waals surface area contributed by atoms with Crippen molar-refractivity contribution in [2.75, 3.05) is 13.2 Å². The van der Waals surface area contributed by atoms with Gasteiger partial charge in [0, 0.05) is 13.3 Å². The van der Waals surface area contributed by atoms with Gasteiger partial charge in [-0.25, -0.2) is 0 Å². The Kier molecular flexibility index (Phi) is 3.61. The van der Waals surface area contributed by atoms with E-state index in [1.54, 1.807) is 0 Å². The van der Waals surface area contributed by atoms with Crippen molar-refractivity contribution in [1.82, 2.24) is 0 Å². The highest BCUT2D eigenvalue weighted by atomic mass is 16.7. The maximum atomic E-state index is 11.1. The van der Waals surface area contributed by atoms with Crippen LogP contribution < -0.4 is 0 Å². The van der Waals surface area contributed by atoms with Crippen molar-refractivity contribution >= 4 is 5.97 Å². The molecule has 0 amide bonds. The Hall–Kier alpha value is -0.870. The van der Waals surface area contributed by atoms with Crippen LogP contribution in [0.5, 0.6) is 0 Å². The van der Waals surface area contributed by atoms with Crippen LogP contribution in [0.4, 0.5) is 0 Å². The molecule has 2 aliphatic rings. The number of esters is 1. The van der Waals surface area contributed by atoms with E-state index in [4.69, 9.17) is 14.2 Å². The first-order valence-corrected chi connectivity index (χ1v) is 5.83. The summed E-state index contributed by atoms with van der Waals surface area (Å²) >= 11 is 0. The molecule has 1 unspecified atom stereocenters. The number of allylic oxidation sites excluding steroid dienone is 1. The van der Waals surface area contributed by atoms with Gasteiger partial charge >= 0.3 is 5.97 Å². The summed E-state index contributed by atoms with van der Waals surface area (Å²) in [6.07, 6.45) is 7.19. The second-order valence-corrected chi connectivity index (χ2v) is 4.22. The van der Waals surface area contributed by atoms with E-state index in [0.29, 0.717) is 13.2 Å². The molecule has 0 bridgehead atoms. The zero-order valence-electron chi connectivity index (χ0n) is 9.61. The Labute approximate surface area is 95.6 Å². The van der Waals surface area contributed by atoms with E-state index in [2.05, 4.69) is 6.08 Å². The van der Waals surface area contributed by atoms with Gasteiger partial charge < -0.3 is 14.2 Å². The van der Waals surface area contributed by atoms with Crippen LogP contribution in [0.2, 0.25) is 0 Å². The minimum atomic E-state index is -0.698. The number of ether oxygens (including phenoxy) is 3. The highest BCUT2D eigenvalue weighted by molar-refractivity contribution is 5.66. The first-order valence-electron chi connectivity index (χ1n) is 5.83. The van der Waals surface area contributed by atoms with E-state index < -0.39 is 5.79 Å². The SMILES string of the molecule is CC(=O)O[C@@H]1CC/C=C\COC12CCCO2. The molecule has 90 valence electrons. The maximum Gasteiger partial charge on any atom is 0.303 e. The summed E-state index contributed by atoms with van der Waals surface area (Å²) in [5.74, 6) is -0.968. The third kappa shape index (κ3) is 2.44. The molecule has 0 N–H and O–H groups in total. The number of carbonyl (C=O) groups excluding carboxylic acids is 1. The third-order valence-electron chi connectivity index (χ3n) is 3.00. The van der Waals surface area contributed by atoms with Gasteiger partial charge in [-0.3, -0.25) is 4.79 Å². The number of rotatable bonds is 1. The number of carbonyl (C=O) groups is 1. The highest BCUT2D eigenvalue weighted by Gasteiger charge is 2.46. The Morgan fingerprint density at radius 3 is 3.00 bits per heavy atom. The quantitative estimate of drug-likeness (QED) is 0.505. The van der Waals surface area contributed by atoms with E-state index in [1.165, 1.54) is 6.92 Å². The molecule has 0 aromatic heterocycles. The lowest BCUT2D eigenvalue weighted by molar-refractivity contribution is -0.263.